The summed E-state index contributed by atoms with van der Waals surface area (Å²) in [6, 6.07) is 5.05. The number of nitrogens with zero attached hydrogens (tertiary/aromatic N) is 3. The second kappa shape index (κ2) is 6.76. The Kier molecular flexibility index (Phi) is 4.51. The number of anilines is 2. The molecule has 0 atom stereocenters. The van der Waals surface area contributed by atoms with E-state index in [2.05, 4.69) is 20.7 Å². The van der Waals surface area contributed by atoms with Crippen molar-refractivity contribution in [1.82, 2.24) is 14.8 Å². The maximum Gasteiger partial charge on any atom is 0.314 e. The minimum Gasteiger partial charge on any atom is -0.440 e. The summed E-state index contributed by atoms with van der Waals surface area (Å²) >= 11 is 0. The summed E-state index contributed by atoms with van der Waals surface area (Å²) in [6.45, 7) is 6.57. The Morgan fingerprint density at radius 2 is 1.92 bits per heavy atom. The van der Waals surface area contributed by atoms with Gasteiger partial charge in [-0.1, -0.05) is 13.8 Å². The molecule has 0 spiro atoms. The first kappa shape index (κ1) is 16.7. The summed E-state index contributed by atoms with van der Waals surface area (Å²) in [4.78, 5) is 28.4. The van der Waals surface area contributed by atoms with Gasteiger partial charge in [-0.2, -0.15) is 5.10 Å². The number of fused-ring (bicyclic) bond motifs is 1. The van der Waals surface area contributed by atoms with E-state index in [4.69, 9.17) is 4.42 Å². The van der Waals surface area contributed by atoms with Crippen LogP contribution in [0.4, 0.5) is 11.4 Å². The molecule has 0 aliphatic carbocycles. The van der Waals surface area contributed by atoms with Gasteiger partial charge in [0.05, 0.1) is 11.9 Å². The summed E-state index contributed by atoms with van der Waals surface area (Å²) in [5.74, 6) is -0.737. The number of hydrogen-bond donors (Lipinski definition) is 2. The molecule has 2 amide bonds. The van der Waals surface area contributed by atoms with E-state index in [9.17, 15) is 9.59 Å². The molecule has 3 rings (SSSR count). The quantitative estimate of drug-likeness (QED) is 0.710. The van der Waals surface area contributed by atoms with E-state index in [0.29, 0.717) is 34.9 Å². The van der Waals surface area contributed by atoms with Gasteiger partial charge >= 0.3 is 11.8 Å². The zero-order valence-corrected chi connectivity index (χ0v) is 14.2. The largest absolute Gasteiger partial charge is 0.440 e. The van der Waals surface area contributed by atoms with E-state index in [1.165, 1.54) is 6.20 Å². The third-order valence-electron chi connectivity index (χ3n) is 3.58. The normalized spacial score (nSPS) is 11.0. The van der Waals surface area contributed by atoms with Gasteiger partial charge in [0.1, 0.15) is 5.52 Å². The highest BCUT2D eigenvalue weighted by molar-refractivity contribution is 6.43. The molecule has 0 aliphatic heterocycles. The van der Waals surface area contributed by atoms with Crippen LogP contribution in [-0.2, 0) is 16.1 Å². The number of carbonyl (C=O) groups is 2. The highest BCUT2D eigenvalue weighted by Crippen LogP contribution is 2.23. The average molecular weight is 341 g/mol. The lowest BCUT2D eigenvalue weighted by molar-refractivity contribution is -0.132. The van der Waals surface area contributed by atoms with Crippen molar-refractivity contribution < 1.29 is 14.0 Å². The molecule has 8 heteroatoms. The van der Waals surface area contributed by atoms with Crippen molar-refractivity contribution >= 4 is 34.3 Å². The zero-order chi connectivity index (χ0) is 18.0. The maximum absolute atomic E-state index is 12.0. The third kappa shape index (κ3) is 3.68. The number of nitrogens with one attached hydrogen (secondary N) is 2. The minimum absolute atomic E-state index is 0.167. The number of benzene rings is 1. The van der Waals surface area contributed by atoms with Crippen LogP contribution in [-0.4, -0.2) is 26.6 Å². The van der Waals surface area contributed by atoms with Gasteiger partial charge in [-0.3, -0.25) is 14.3 Å². The molecule has 0 saturated carbocycles. The van der Waals surface area contributed by atoms with Crippen LogP contribution in [0.25, 0.3) is 11.1 Å². The lowest BCUT2D eigenvalue weighted by Gasteiger charge is -2.04. The lowest BCUT2D eigenvalue weighted by Crippen LogP contribution is -2.28. The molecule has 0 radical (unpaired) electrons. The Bertz CT molecular complexity index is 925. The van der Waals surface area contributed by atoms with Crippen molar-refractivity contribution in [3.05, 3.63) is 36.5 Å². The SMILES string of the molecule is CCn1cc(NC(=O)C(=O)Nc2ccc3oc(C(C)C)nc3c2)cn1. The molecule has 3 aromatic rings. The van der Waals surface area contributed by atoms with Gasteiger partial charge in [0, 0.05) is 24.3 Å². The van der Waals surface area contributed by atoms with E-state index in [1.54, 1.807) is 29.1 Å². The first-order valence-corrected chi connectivity index (χ1v) is 8.01. The van der Waals surface area contributed by atoms with Crippen molar-refractivity contribution in [1.29, 1.82) is 0 Å². The number of carbonyl (C=O) groups excluding carboxylic acids is 2. The van der Waals surface area contributed by atoms with Gasteiger partial charge in [-0.15, -0.1) is 0 Å². The summed E-state index contributed by atoms with van der Waals surface area (Å²) < 4.78 is 7.27. The van der Waals surface area contributed by atoms with E-state index in [1.807, 2.05) is 20.8 Å². The highest BCUT2D eigenvalue weighted by atomic mass is 16.3. The van der Waals surface area contributed by atoms with Crippen LogP contribution in [0, 0.1) is 0 Å². The summed E-state index contributed by atoms with van der Waals surface area (Å²) in [5.41, 5.74) is 2.21. The second-order valence-electron chi connectivity index (χ2n) is 5.88. The van der Waals surface area contributed by atoms with Crippen molar-refractivity contribution in [3.8, 4) is 0 Å². The lowest BCUT2D eigenvalue weighted by atomic mass is 10.2. The third-order valence-corrected chi connectivity index (χ3v) is 3.58. The first-order valence-electron chi connectivity index (χ1n) is 8.01. The Hall–Kier alpha value is -3.16. The van der Waals surface area contributed by atoms with Crippen molar-refractivity contribution in [3.63, 3.8) is 0 Å². The number of hydrogen-bond acceptors (Lipinski definition) is 5. The summed E-state index contributed by atoms with van der Waals surface area (Å²) in [6.07, 6.45) is 3.14. The molecule has 2 aromatic heterocycles. The maximum atomic E-state index is 12.0. The standard InChI is InChI=1S/C17H19N5O3/c1-4-22-9-12(8-18-22)20-16(24)15(23)19-11-5-6-14-13(7-11)21-17(25-14)10(2)3/h5-10H,4H2,1-3H3,(H,19,23)(H,20,24). The highest BCUT2D eigenvalue weighted by Gasteiger charge is 2.16. The van der Waals surface area contributed by atoms with Crippen LogP contribution >= 0.6 is 0 Å². The summed E-state index contributed by atoms with van der Waals surface area (Å²) in [5, 5.41) is 9.09. The van der Waals surface area contributed by atoms with Gasteiger partial charge in [-0.05, 0) is 25.1 Å². The molecule has 8 nitrogen and oxygen atoms in total. The van der Waals surface area contributed by atoms with Crippen LogP contribution in [0.5, 0.6) is 0 Å². The molecule has 25 heavy (non-hydrogen) atoms. The number of oxazole rings is 1. The topological polar surface area (TPSA) is 102 Å². The monoisotopic (exact) mass is 341 g/mol. The molecular weight excluding hydrogens is 322 g/mol. The molecule has 2 heterocycles. The Balaban J connectivity index is 1.69. The number of rotatable bonds is 4. The van der Waals surface area contributed by atoms with Gasteiger partial charge in [0.2, 0.25) is 0 Å². The number of amides is 2. The van der Waals surface area contributed by atoms with Gasteiger partial charge in [0.25, 0.3) is 0 Å². The van der Waals surface area contributed by atoms with Gasteiger partial charge < -0.3 is 15.1 Å². The molecular formula is C17H19N5O3. The smallest absolute Gasteiger partial charge is 0.314 e. The molecule has 0 bridgehead atoms. The van der Waals surface area contributed by atoms with E-state index < -0.39 is 11.8 Å². The molecule has 0 saturated heterocycles. The van der Waals surface area contributed by atoms with Crippen LogP contribution < -0.4 is 10.6 Å². The van der Waals surface area contributed by atoms with Crippen LogP contribution in [0.3, 0.4) is 0 Å². The fourth-order valence-electron chi connectivity index (χ4n) is 2.25. The van der Waals surface area contributed by atoms with Gasteiger partial charge in [-0.25, -0.2) is 4.98 Å². The fourth-order valence-corrected chi connectivity index (χ4v) is 2.25. The van der Waals surface area contributed by atoms with Crippen LogP contribution in [0.15, 0.2) is 35.0 Å². The van der Waals surface area contributed by atoms with Crippen LogP contribution in [0.2, 0.25) is 0 Å². The van der Waals surface area contributed by atoms with Crippen LogP contribution in [0.1, 0.15) is 32.6 Å². The van der Waals surface area contributed by atoms with E-state index >= 15 is 0 Å². The Morgan fingerprint density at radius 3 is 2.56 bits per heavy atom. The average Bonchev–Trinajstić information content (AvgIpc) is 3.20. The molecule has 0 aliphatic rings. The Labute approximate surface area is 144 Å². The van der Waals surface area contributed by atoms with Crippen molar-refractivity contribution in [2.24, 2.45) is 0 Å². The van der Waals surface area contributed by atoms with Crippen molar-refractivity contribution in [2.45, 2.75) is 33.2 Å². The molecule has 2 N–H and O–H groups in total. The first-order chi connectivity index (χ1) is 12.0. The number of aryl methyl sites for hydroxylation is 1. The van der Waals surface area contributed by atoms with E-state index in [-0.39, 0.29) is 5.92 Å². The predicted octanol–water partition coefficient (Wildman–Crippen LogP) is 2.74. The zero-order valence-electron chi connectivity index (χ0n) is 14.2. The minimum atomic E-state index is -0.767. The molecule has 130 valence electrons. The predicted molar refractivity (Wildman–Crippen MR) is 93.3 cm³/mol. The van der Waals surface area contributed by atoms with Gasteiger partial charge in [0.15, 0.2) is 11.5 Å². The molecule has 0 unspecified atom stereocenters. The van der Waals surface area contributed by atoms with Crippen molar-refractivity contribution in [2.75, 3.05) is 10.6 Å². The fraction of sp³-hybridized carbons (Fsp3) is 0.294. The Morgan fingerprint density at radius 1 is 1.20 bits per heavy atom. The molecule has 0 fully saturated rings. The second-order valence-corrected chi connectivity index (χ2v) is 5.88. The molecule has 1 aromatic carbocycles. The van der Waals surface area contributed by atoms with E-state index in [0.717, 1.165) is 0 Å². The number of aromatic nitrogens is 3. The summed E-state index contributed by atoms with van der Waals surface area (Å²) in [7, 11) is 0.